The molecule has 1 aliphatic rings. The van der Waals surface area contributed by atoms with Crippen molar-refractivity contribution in [3.05, 3.63) is 66.0 Å². The zero-order chi connectivity index (χ0) is 27.0. The molecule has 10 heteroatoms. The Morgan fingerprint density at radius 2 is 1.62 bits per heavy atom. The number of anilines is 1. The highest BCUT2D eigenvalue weighted by atomic mass is 32.2. The monoisotopic (exact) mass is 532 g/mol. The van der Waals surface area contributed by atoms with Crippen LogP contribution in [0.3, 0.4) is 0 Å². The molecule has 2 aromatic carbocycles. The average molecular weight is 533 g/mol. The summed E-state index contributed by atoms with van der Waals surface area (Å²) in [5, 5.41) is 3.12. The van der Waals surface area contributed by atoms with Gasteiger partial charge in [0.05, 0.1) is 5.69 Å². The molecule has 0 spiro atoms. The first kappa shape index (κ1) is 28.6. The van der Waals surface area contributed by atoms with E-state index in [0.717, 1.165) is 58.4 Å². The lowest BCUT2D eigenvalue weighted by Gasteiger charge is -2.35. The molecule has 3 rings (SSSR count). The van der Waals surface area contributed by atoms with Crippen molar-refractivity contribution in [2.24, 2.45) is 0 Å². The van der Waals surface area contributed by atoms with Gasteiger partial charge in [-0.2, -0.15) is 12.7 Å². The van der Waals surface area contributed by atoms with E-state index in [2.05, 4.69) is 5.32 Å². The Labute approximate surface area is 219 Å². The minimum Gasteiger partial charge on any atom is -0.352 e. The van der Waals surface area contributed by atoms with E-state index in [1.807, 2.05) is 37.3 Å². The number of rotatable bonds is 11. The van der Waals surface area contributed by atoms with Gasteiger partial charge >= 0.3 is 10.2 Å². The van der Waals surface area contributed by atoms with Crippen LogP contribution in [0, 0.1) is 5.82 Å². The molecule has 37 heavy (non-hydrogen) atoms. The van der Waals surface area contributed by atoms with Crippen molar-refractivity contribution in [3.8, 4) is 0 Å². The lowest BCUT2D eigenvalue weighted by Crippen LogP contribution is -2.54. The van der Waals surface area contributed by atoms with Crippen LogP contribution in [0.2, 0.25) is 0 Å². The van der Waals surface area contributed by atoms with Gasteiger partial charge in [-0.3, -0.25) is 9.59 Å². The largest absolute Gasteiger partial charge is 0.352 e. The van der Waals surface area contributed by atoms with Gasteiger partial charge in [-0.25, -0.2) is 8.70 Å². The lowest BCUT2D eigenvalue weighted by atomic mass is 9.95. The summed E-state index contributed by atoms with van der Waals surface area (Å²) >= 11 is 0. The Balaban J connectivity index is 1.93. The Bertz CT molecular complexity index is 1140. The highest BCUT2D eigenvalue weighted by molar-refractivity contribution is 7.90. The molecule has 0 aromatic heterocycles. The summed E-state index contributed by atoms with van der Waals surface area (Å²) in [5.41, 5.74) is 0.978. The van der Waals surface area contributed by atoms with E-state index in [9.17, 15) is 22.4 Å². The number of nitrogens with one attached hydrogen (secondary N) is 1. The van der Waals surface area contributed by atoms with Crippen LogP contribution in [-0.4, -0.2) is 62.2 Å². The van der Waals surface area contributed by atoms with Crippen LogP contribution < -0.4 is 9.62 Å². The molecule has 202 valence electrons. The summed E-state index contributed by atoms with van der Waals surface area (Å²) in [7, 11) is -1.35. The number of benzene rings is 2. The fourth-order valence-corrected chi connectivity index (χ4v) is 5.62. The first-order valence-corrected chi connectivity index (χ1v) is 14.1. The van der Waals surface area contributed by atoms with Gasteiger partial charge in [0.2, 0.25) is 11.8 Å². The molecule has 0 aliphatic heterocycles. The van der Waals surface area contributed by atoms with E-state index in [4.69, 9.17) is 0 Å². The Hall–Kier alpha value is -2.98. The van der Waals surface area contributed by atoms with Crippen molar-refractivity contribution in [1.29, 1.82) is 0 Å². The molecule has 0 bridgehead atoms. The van der Waals surface area contributed by atoms with E-state index in [1.165, 1.54) is 31.1 Å². The van der Waals surface area contributed by atoms with Crippen molar-refractivity contribution < 1.29 is 22.4 Å². The Morgan fingerprint density at radius 3 is 2.19 bits per heavy atom. The third-order valence-electron chi connectivity index (χ3n) is 6.67. The number of hydrogen-bond donors (Lipinski definition) is 1. The van der Waals surface area contributed by atoms with Crippen LogP contribution in [-0.2, 0) is 26.3 Å². The van der Waals surface area contributed by atoms with Crippen molar-refractivity contribution >= 4 is 27.7 Å². The fraction of sp³-hybridized carbons (Fsp3) is 0.481. The zero-order valence-electron chi connectivity index (χ0n) is 21.8. The molecule has 2 amide bonds. The summed E-state index contributed by atoms with van der Waals surface area (Å²) in [6, 6.07) is 13.5. The van der Waals surface area contributed by atoms with Gasteiger partial charge < -0.3 is 10.2 Å². The van der Waals surface area contributed by atoms with Gasteiger partial charge in [-0.15, -0.1) is 0 Å². The number of amides is 2. The molecule has 1 fully saturated rings. The summed E-state index contributed by atoms with van der Waals surface area (Å²) in [6.45, 7) is 1.45. The molecular formula is C27H37FN4O4S. The van der Waals surface area contributed by atoms with Crippen molar-refractivity contribution in [2.75, 3.05) is 24.9 Å². The first-order chi connectivity index (χ1) is 17.6. The number of carbonyl (C=O) groups excluding carboxylic acids is 2. The van der Waals surface area contributed by atoms with Crippen LogP contribution in [0.25, 0.3) is 0 Å². The molecule has 2 aromatic rings. The van der Waals surface area contributed by atoms with Gasteiger partial charge in [0.1, 0.15) is 18.4 Å². The van der Waals surface area contributed by atoms with Gasteiger partial charge in [0.15, 0.2) is 0 Å². The predicted molar refractivity (Wildman–Crippen MR) is 142 cm³/mol. The highest BCUT2D eigenvalue weighted by Gasteiger charge is 2.34. The third kappa shape index (κ3) is 7.52. The normalized spacial score (nSPS) is 15.3. The quantitative estimate of drug-likeness (QED) is 0.478. The van der Waals surface area contributed by atoms with Crippen molar-refractivity contribution in [2.45, 2.75) is 64.1 Å². The maximum absolute atomic E-state index is 13.8. The topological polar surface area (TPSA) is 90.0 Å². The lowest BCUT2D eigenvalue weighted by molar-refractivity contribution is -0.140. The van der Waals surface area contributed by atoms with Gasteiger partial charge in [-0.05, 0) is 49.1 Å². The first-order valence-electron chi connectivity index (χ1n) is 12.7. The van der Waals surface area contributed by atoms with Gasteiger partial charge in [-0.1, -0.05) is 56.5 Å². The molecule has 1 N–H and O–H groups in total. The van der Waals surface area contributed by atoms with E-state index in [0.29, 0.717) is 6.42 Å². The van der Waals surface area contributed by atoms with E-state index in [1.54, 1.807) is 0 Å². The van der Waals surface area contributed by atoms with Crippen LogP contribution in [0.15, 0.2) is 54.6 Å². The Kier molecular flexibility index (Phi) is 10.0. The standard InChI is InChI=1S/C27H37FN4O4S/c1-4-25(27(34)29-23-13-9-6-10-14-23)31(19-21-11-7-5-8-12-21)26(33)20-32(37(35,36)30(2)3)24-17-15-22(28)16-18-24/h5,7-8,11-12,15-18,23,25H,4,6,9-10,13-14,19-20H2,1-3H3,(H,29,34)/t25-/m1/s1. The molecule has 1 aliphatic carbocycles. The average Bonchev–Trinajstić information content (AvgIpc) is 2.88. The molecule has 8 nitrogen and oxygen atoms in total. The van der Waals surface area contributed by atoms with E-state index in [-0.39, 0.29) is 24.2 Å². The SMILES string of the molecule is CC[C@H](C(=O)NC1CCCCC1)N(Cc1ccccc1)C(=O)CN(c1ccc(F)cc1)S(=O)(=O)N(C)C. The molecule has 0 unspecified atom stereocenters. The molecule has 1 atom stereocenters. The summed E-state index contributed by atoms with van der Waals surface area (Å²) < 4.78 is 41.9. The fourth-order valence-electron chi connectivity index (χ4n) is 4.57. The maximum Gasteiger partial charge on any atom is 0.304 e. The summed E-state index contributed by atoms with van der Waals surface area (Å²) in [5.74, 6) is -1.28. The molecule has 0 saturated heterocycles. The minimum absolute atomic E-state index is 0.0776. The highest BCUT2D eigenvalue weighted by Crippen LogP contribution is 2.22. The van der Waals surface area contributed by atoms with Crippen LogP contribution in [0.4, 0.5) is 10.1 Å². The van der Waals surface area contributed by atoms with Gasteiger partial charge in [0.25, 0.3) is 0 Å². The number of hydrogen-bond acceptors (Lipinski definition) is 4. The van der Waals surface area contributed by atoms with E-state index >= 15 is 0 Å². The summed E-state index contributed by atoms with van der Waals surface area (Å²) in [4.78, 5) is 28.7. The van der Waals surface area contributed by atoms with Crippen LogP contribution >= 0.6 is 0 Å². The van der Waals surface area contributed by atoms with Crippen LogP contribution in [0.5, 0.6) is 0 Å². The number of carbonyl (C=O) groups is 2. The van der Waals surface area contributed by atoms with Gasteiger partial charge in [0, 0.05) is 26.7 Å². The molecular weight excluding hydrogens is 495 g/mol. The second-order valence-electron chi connectivity index (χ2n) is 9.55. The second-order valence-corrected chi connectivity index (χ2v) is 11.6. The summed E-state index contributed by atoms with van der Waals surface area (Å²) in [6.07, 6.45) is 5.46. The third-order valence-corrected chi connectivity index (χ3v) is 8.49. The van der Waals surface area contributed by atoms with Crippen LogP contribution in [0.1, 0.15) is 51.0 Å². The van der Waals surface area contributed by atoms with Crippen molar-refractivity contribution in [1.82, 2.24) is 14.5 Å². The number of nitrogens with zero attached hydrogens (tertiary/aromatic N) is 3. The molecule has 1 saturated carbocycles. The second kappa shape index (κ2) is 13.0. The maximum atomic E-state index is 13.8. The Morgan fingerprint density at radius 1 is 1.00 bits per heavy atom. The molecule has 0 heterocycles. The minimum atomic E-state index is -4.09. The number of halogens is 1. The van der Waals surface area contributed by atoms with Crippen molar-refractivity contribution in [3.63, 3.8) is 0 Å². The smallest absolute Gasteiger partial charge is 0.304 e. The predicted octanol–water partition coefficient (Wildman–Crippen LogP) is 3.69. The zero-order valence-corrected chi connectivity index (χ0v) is 22.6. The van der Waals surface area contributed by atoms with E-state index < -0.39 is 34.5 Å². The molecule has 0 radical (unpaired) electrons.